The minimum atomic E-state index is -0.526. The molecule has 30 heavy (non-hydrogen) atoms. The van der Waals surface area contributed by atoms with E-state index in [0.717, 1.165) is 12.1 Å². The van der Waals surface area contributed by atoms with Crippen LogP contribution >= 0.6 is 0 Å². The average molecular weight is 417 g/mol. The minimum Gasteiger partial charge on any atom is -0.490 e. The molecule has 9 heteroatoms. The Hall–Kier alpha value is -3.07. The quantitative estimate of drug-likeness (QED) is 0.715. The highest BCUT2D eigenvalue weighted by molar-refractivity contribution is 5.77. The fraction of sp³-hybridized carbons (Fsp3) is 0.429. The molecule has 1 aromatic carbocycles. The maximum absolute atomic E-state index is 14.2. The van der Waals surface area contributed by atoms with Crippen LogP contribution in [0.1, 0.15) is 6.42 Å². The van der Waals surface area contributed by atoms with Gasteiger partial charge in [0.25, 0.3) is 0 Å². The highest BCUT2D eigenvalue weighted by Crippen LogP contribution is 2.40. The van der Waals surface area contributed by atoms with Crippen LogP contribution in [0.4, 0.5) is 15.8 Å². The number of hydrogen-bond donors (Lipinski definition) is 0. The highest BCUT2D eigenvalue weighted by Gasteiger charge is 2.28. The van der Waals surface area contributed by atoms with Gasteiger partial charge in [-0.15, -0.1) is 0 Å². The third-order valence-electron chi connectivity index (χ3n) is 5.16. The fourth-order valence-corrected chi connectivity index (χ4v) is 3.71. The maximum atomic E-state index is 14.2. The zero-order chi connectivity index (χ0) is 21.1. The van der Waals surface area contributed by atoms with Gasteiger partial charge in [-0.3, -0.25) is 4.79 Å². The molecule has 4 rings (SSSR count). The Morgan fingerprint density at radius 3 is 2.93 bits per heavy atom. The number of hydrogen-bond acceptors (Lipinski definition) is 7. The lowest BCUT2D eigenvalue weighted by Crippen LogP contribution is -2.33. The number of nitrogens with zero attached hydrogens (tertiary/aromatic N) is 3. The second kappa shape index (κ2) is 8.74. The van der Waals surface area contributed by atoms with Crippen molar-refractivity contribution < 1.29 is 28.1 Å². The van der Waals surface area contributed by atoms with Crippen LogP contribution in [0.3, 0.4) is 0 Å². The summed E-state index contributed by atoms with van der Waals surface area (Å²) in [6, 6.07) is 6.95. The van der Waals surface area contributed by atoms with E-state index in [9.17, 15) is 9.18 Å². The van der Waals surface area contributed by atoms with Crippen molar-refractivity contribution in [3.05, 3.63) is 36.3 Å². The van der Waals surface area contributed by atoms with Gasteiger partial charge in [-0.2, -0.15) is 0 Å². The van der Waals surface area contributed by atoms with E-state index in [0.29, 0.717) is 43.4 Å². The van der Waals surface area contributed by atoms with Gasteiger partial charge in [0.15, 0.2) is 5.82 Å². The molecule has 0 saturated carbocycles. The van der Waals surface area contributed by atoms with Gasteiger partial charge in [-0.25, -0.2) is 9.37 Å². The van der Waals surface area contributed by atoms with E-state index in [4.69, 9.17) is 18.9 Å². The number of carbonyl (C=O) groups is 1. The molecule has 0 radical (unpaired) electrons. The summed E-state index contributed by atoms with van der Waals surface area (Å²) in [5.74, 6) is 0.744. The lowest BCUT2D eigenvalue weighted by atomic mass is 10.2. The Bertz CT molecular complexity index is 926. The molecule has 8 nitrogen and oxygen atoms in total. The number of rotatable bonds is 6. The molecule has 1 fully saturated rings. The lowest BCUT2D eigenvalue weighted by Gasteiger charge is -2.31. The van der Waals surface area contributed by atoms with E-state index in [-0.39, 0.29) is 24.5 Å². The number of pyridine rings is 1. The standard InChI is InChI=1S/C21H24FN3O5/c1-27-13-20(26)24-6-5-16(12-24)30-15-3-4-19-18(10-15)25(7-8-29-19)14-9-17(22)21(28-2)23-11-14/h3-4,9-11,16H,5-8,12-13H2,1-2H3. The zero-order valence-electron chi connectivity index (χ0n) is 17.0. The number of halogens is 1. The number of benzene rings is 1. The number of fused-ring (bicyclic) bond motifs is 1. The average Bonchev–Trinajstić information content (AvgIpc) is 3.22. The second-order valence-corrected chi connectivity index (χ2v) is 7.12. The molecule has 1 unspecified atom stereocenters. The number of amides is 1. The Labute approximate surface area is 174 Å². The molecule has 2 aliphatic heterocycles. The van der Waals surface area contributed by atoms with Gasteiger partial charge in [-0.05, 0) is 12.1 Å². The Morgan fingerprint density at radius 2 is 2.17 bits per heavy atom. The van der Waals surface area contributed by atoms with E-state index in [1.165, 1.54) is 20.3 Å². The maximum Gasteiger partial charge on any atom is 0.250 e. The van der Waals surface area contributed by atoms with E-state index in [1.54, 1.807) is 11.1 Å². The molecule has 1 saturated heterocycles. The van der Waals surface area contributed by atoms with E-state index >= 15 is 0 Å². The van der Waals surface area contributed by atoms with E-state index in [1.807, 2.05) is 23.1 Å². The second-order valence-electron chi connectivity index (χ2n) is 7.12. The number of ether oxygens (including phenoxy) is 4. The van der Waals surface area contributed by atoms with Crippen molar-refractivity contribution >= 4 is 17.3 Å². The summed E-state index contributed by atoms with van der Waals surface area (Å²) in [7, 11) is 2.89. The van der Waals surface area contributed by atoms with Crippen molar-refractivity contribution in [3.8, 4) is 17.4 Å². The van der Waals surface area contributed by atoms with Crippen molar-refractivity contribution in [2.45, 2.75) is 12.5 Å². The Kier molecular flexibility index (Phi) is 5.89. The van der Waals surface area contributed by atoms with Gasteiger partial charge in [0, 0.05) is 32.2 Å². The zero-order valence-corrected chi connectivity index (χ0v) is 17.0. The number of carbonyl (C=O) groups excluding carboxylic acids is 1. The van der Waals surface area contributed by atoms with Crippen molar-refractivity contribution in [3.63, 3.8) is 0 Å². The molecule has 0 aliphatic carbocycles. The van der Waals surface area contributed by atoms with Crippen LogP contribution in [0, 0.1) is 5.82 Å². The molecule has 1 atom stereocenters. The largest absolute Gasteiger partial charge is 0.490 e. The Balaban J connectivity index is 1.51. The van der Waals surface area contributed by atoms with Crippen molar-refractivity contribution in [1.82, 2.24) is 9.88 Å². The lowest BCUT2D eigenvalue weighted by molar-refractivity contribution is -0.134. The predicted molar refractivity (Wildman–Crippen MR) is 107 cm³/mol. The monoisotopic (exact) mass is 417 g/mol. The third-order valence-corrected chi connectivity index (χ3v) is 5.16. The van der Waals surface area contributed by atoms with Crippen LogP contribution in [0.2, 0.25) is 0 Å². The van der Waals surface area contributed by atoms with Gasteiger partial charge in [0.2, 0.25) is 11.8 Å². The predicted octanol–water partition coefficient (Wildman–Crippen LogP) is 2.39. The Morgan fingerprint density at radius 1 is 1.30 bits per heavy atom. The van der Waals surface area contributed by atoms with Gasteiger partial charge in [0.05, 0.1) is 37.8 Å². The fourth-order valence-electron chi connectivity index (χ4n) is 3.71. The van der Waals surface area contributed by atoms with Gasteiger partial charge in [0.1, 0.15) is 30.8 Å². The first-order chi connectivity index (χ1) is 14.6. The van der Waals surface area contributed by atoms with Gasteiger partial charge >= 0.3 is 0 Å². The topological polar surface area (TPSA) is 73.4 Å². The molecule has 0 spiro atoms. The first-order valence-corrected chi connectivity index (χ1v) is 9.76. The van der Waals surface area contributed by atoms with Crippen LogP contribution in [-0.2, 0) is 9.53 Å². The van der Waals surface area contributed by atoms with E-state index < -0.39 is 5.82 Å². The SMILES string of the molecule is COCC(=O)N1CCC(Oc2ccc3c(c2)N(c2cnc(OC)c(F)c2)CCO3)C1. The minimum absolute atomic E-state index is 0.0392. The van der Waals surface area contributed by atoms with Crippen molar-refractivity contribution in [2.75, 3.05) is 52.0 Å². The third kappa shape index (κ3) is 4.11. The van der Waals surface area contributed by atoms with Crippen LogP contribution < -0.4 is 19.1 Å². The molecule has 0 bridgehead atoms. The summed E-state index contributed by atoms with van der Waals surface area (Å²) in [6.07, 6.45) is 2.23. The number of methoxy groups -OCH3 is 2. The summed E-state index contributed by atoms with van der Waals surface area (Å²) < 4.78 is 35.9. The first kappa shape index (κ1) is 20.2. The van der Waals surface area contributed by atoms with Gasteiger partial charge in [-0.1, -0.05) is 0 Å². The summed E-state index contributed by atoms with van der Waals surface area (Å²) >= 11 is 0. The molecule has 3 heterocycles. The molecule has 160 valence electrons. The number of aromatic nitrogens is 1. The summed E-state index contributed by atoms with van der Waals surface area (Å²) in [5.41, 5.74) is 1.38. The molecule has 1 amide bonds. The number of likely N-dealkylation sites (tertiary alicyclic amines) is 1. The summed E-state index contributed by atoms with van der Waals surface area (Å²) in [5, 5.41) is 0. The molecule has 2 aromatic rings. The van der Waals surface area contributed by atoms with Crippen LogP contribution in [0.15, 0.2) is 30.5 Å². The van der Waals surface area contributed by atoms with Crippen molar-refractivity contribution in [1.29, 1.82) is 0 Å². The van der Waals surface area contributed by atoms with Crippen LogP contribution in [0.5, 0.6) is 17.4 Å². The molecule has 0 N–H and O–H groups in total. The summed E-state index contributed by atoms with van der Waals surface area (Å²) in [6.45, 7) is 2.26. The normalized spacial score (nSPS) is 18.0. The van der Waals surface area contributed by atoms with Crippen LogP contribution in [0.25, 0.3) is 0 Å². The first-order valence-electron chi connectivity index (χ1n) is 9.76. The van der Waals surface area contributed by atoms with Crippen molar-refractivity contribution in [2.24, 2.45) is 0 Å². The molecular formula is C21H24FN3O5. The van der Waals surface area contributed by atoms with Crippen LogP contribution in [-0.4, -0.2) is 69.0 Å². The smallest absolute Gasteiger partial charge is 0.250 e. The van der Waals surface area contributed by atoms with E-state index in [2.05, 4.69) is 4.98 Å². The summed E-state index contributed by atoms with van der Waals surface area (Å²) in [4.78, 5) is 19.7. The van der Waals surface area contributed by atoms with Gasteiger partial charge < -0.3 is 28.7 Å². The number of anilines is 2. The highest BCUT2D eigenvalue weighted by atomic mass is 19.1. The molecule has 1 aromatic heterocycles. The molecule has 2 aliphatic rings. The molecular weight excluding hydrogens is 393 g/mol.